The first kappa shape index (κ1) is 16.4. The van der Waals surface area contributed by atoms with Crippen LogP contribution >= 0.6 is 0 Å². The van der Waals surface area contributed by atoms with Crippen LogP contribution < -0.4 is 9.44 Å². The lowest BCUT2D eigenvalue weighted by molar-refractivity contribution is 0.0172. The molecule has 0 bridgehead atoms. The fourth-order valence-corrected chi connectivity index (χ4v) is 3.01. The highest BCUT2D eigenvalue weighted by atomic mass is 32.2. The van der Waals surface area contributed by atoms with Crippen molar-refractivity contribution in [1.29, 1.82) is 0 Å². The number of ether oxygens (including phenoxy) is 1. The van der Waals surface area contributed by atoms with Gasteiger partial charge in [-0.05, 0) is 12.5 Å². The summed E-state index contributed by atoms with van der Waals surface area (Å²) in [6, 6.07) is 8.20. The van der Waals surface area contributed by atoms with E-state index in [1.54, 1.807) is 0 Å². The SMILES string of the molecule is CNS(=O)(=O)NCC(c1cccc(C)c1)N1CCOCC1. The third-order valence-corrected chi connectivity index (χ3v) is 4.73. The van der Waals surface area contributed by atoms with E-state index in [-0.39, 0.29) is 6.04 Å². The number of nitrogens with zero attached hydrogens (tertiary/aromatic N) is 1. The lowest BCUT2D eigenvalue weighted by atomic mass is 10.0. The molecule has 7 heteroatoms. The normalized spacial score (nSPS) is 18.6. The Bertz CT molecular complexity index is 556. The van der Waals surface area contributed by atoms with Gasteiger partial charge in [0.05, 0.1) is 13.2 Å². The predicted molar refractivity (Wildman–Crippen MR) is 82.3 cm³/mol. The van der Waals surface area contributed by atoms with Crippen LogP contribution in [0.2, 0.25) is 0 Å². The van der Waals surface area contributed by atoms with Crippen molar-refractivity contribution in [2.75, 3.05) is 39.9 Å². The first-order valence-corrected chi connectivity index (χ1v) is 8.56. The summed E-state index contributed by atoms with van der Waals surface area (Å²) in [6.07, 6.45) is 0. The Balaban J connectivity index is 2.17. The molecule has 0 amide bonds. The minimum atomic E-state index is -3.43. The molecule has 0 aromatic heterocycles. The highest BCUT2D eigenvalue weighted by molar-refractivity contribution is 7.87. The van der Waals surface area contributed by atoms with Gasteiger partial charge in [0.25, 0.3) is 10.2 Å². The van der Waals surface area contributed by atoms with E-state index in [0.29, 0.717) is 19.8 Å². The van der Waals surface area contributed by atoms with Gasteiger partial charge >= 0.3 is 0 Å². The summed E-state index contributed by atoms with van der Waals surface area (Å²) in [7, 11) is -2.03. The molecule has 1 saturated heterocycles. The van der Waals surface area contributed by atoms with Crippen LogP contribution in [-0.2, 0) is 14.9 Å². The van der Waals surface area contributed by atoms with Crippen molar-refractivity contribution in [3.63, 3.8) is 0 Å². The summed E-state index contributed by atoms with van der Waals surface area (Å²) in [6.45, 7) is 5.35. The van der Waals surface area contributed by atoms with Crippen molar-refractivity contribution >= 4 is 10.2 Å². The highest BCUT2D eigenvalue weighted by Gasteiger charge is 2.24. The number of benzene rings is 1. The van der Waals surface area contributed by atoms with Gasteiger partial charge in [-0.3, -0.25) is 4.90 Å². The second-order valence-corrected chi connectivity index (χ2v) is 6.84. The standard InChI is InChI=1S/C14H23N3O3S/c1-12-4-3-5-13(10-12)14(11-16-21(18,19)15-2)17-6-8-20-9-7-17/h3-5,10,14-16H,6-9,11H2,1-2H3. The van der Waals surface area contributed by atoms with E-state index < -0.39 is 10.2 Å². The topological polar surface area (TPSA) is 70.7 Å². The monoisotopic (exact) mass is 313 g/mol. The molecule has 1 aliphatic rings. The van der Waals surface area contributed by atoms with E-state index in [4.69, 9.17) is 4.74 Å². The third-order valence-electron chi connectivity index (χ3n) is 3.65. The lowest BCUT2D eigenvalue weighted by Crippen LogP contribution is -2.45. The van der Waals surface area contributed by atoms with Gasteiger partial charge in [0.1, 0.15) is 0 Å². The molecule has 6 nitrogen and oxygen atoms in total. The van der Waals surface area contributed by atoms with Crippen molar-refractivity contribution in [2.24, 2.45) is 0 Å². The van der Waals surface area contributed by atoms with Crippen molar-refractivity contribution < 1.29 is 13.2 Å². The maximum atomic E-state index is 11.6. The van der Waals surface area contributed by atoms with Crippen LogP contribution in [0.1, 0.15) is 17.2 Å². The highest BCUT2D eigenvalue weighted by Crippen LogP contribution is 2.22. The zero-order chi connectivity index (χ0) is 15.3. The average Bonchev–Trinajstić information content (AvgIpc) is 2.48. The molecule has 1 unspecified atom stereocenters. The molecule has 21 heavy (non-hydrogen) atoms. The Kier molecular flexibility index (Phi) is 5.72. The summed E-state index contributed by atoms with van der Waals surface area (Å²) in [5.74, 6) is 0. The van der Waals surface area contributed by atoms with Gasteiger partial charge < -0.3 is 4.74 Å². The number of morpholine rings is 1. The summed E-state index contributed by atoms with van der Waals surface area (Å²) in [5, 5.41) is 0. The molecular formula is C14H23N3O3S. The van der Waals surface area contributed by atoms with Gasteiger partial charge in [0, 0.05) is 32.7 Å². The van der Waals surface area contributed by atoms with Gasteiger partial charge in [-0.1, -0.05) is 29.8 Å². The van der Waals surface area contributed by atoms with Gasteiger partial charge in [-0.25, -0.2) is 9.44 Å². The van der Waals surface area contributed by atoms with Crippen LogP contribution in [-0.4, -0.2) is 53.2 Å². The number of hydrogen-bond donors (Lipinski definition) is 2. The van der Waals surface area contributed by atoms with Gasteiger partial charge in [0.2, 0.25) is 0 Å². The van der Waals surface area contributed by atoms with Crippen molar-refractivity contribution in [2.45, 2.75) is 13.0 Å². The molecule has 0 saturated carbocycles. The van der Waals surface area contributed by atoms with Crippen LogP contribution in [0.5, 0.6) is 0 Å². The molecule has 2 rings (SSSR count). The first-order chi connectivity index (χ1) is 10.0. The molecule has 2 N–H and O–H groups in total. The molecule has 118 valence electrons. The Morgan fingerprint density at radius 3 is 2.67 bits per heavy atom. The minimum Gasteiger partial charge on any atom is -0.379 e. The molecule has 0 spiro atoms. The quantitative estimate of drug-likeness (QED) is 0.799. The number of nitrogens with one attached hydrogen (secondary N) is 2. The number of hydrogen-bond acceptors (Lipinski definition) is 4. The molecule has 0 radical (unpaired) electrons. The van der Waals surface area contributed by atoms with Crippen LogP contribution in [0.25, 0.3) is 0 Å². The summed E-state index contributed by atoms with van der Waals surface area (Å²) < 4.78 is 33.5. The smallest absolute Gasteiger partial charge is 0.276 e. The van der Waals surface area contributed by atoms with Crippen LogP contribution in [0.3, 0.4) is 0 Å². The summed E-state index contributed by atoms with van der Waals surface area (Å²) >= 11 is 0. The van der Waals surface area contributed by atoms with Crippen LogP contribution in [0.4, 0.5) is 0 Å². The Morgan fingerprint density at radius 1 is 1.33 bits per heavy atom. The zero-order valence-corrected chi connectivity index (χ0v) is 13.3. The third kappa shape index (κ3) is 4.76. The molecule has 1 atom stereocenters. The molecule has 1 heterocycles. The Morgan fingerprint density at radius 2 is 2.05 bits per heavy atom. The number of rotatable bonds is 6. The van der Waals surface area contributed by atoms with E-state index in [0.717, 1.165) is 18.7 Å². The number of aryl methyl sites for hydroxylation is 1. The van der Waals surface area contributed by atoms with Gasteiger partial charge in [-0.15, -0.1) is 0 Å². The molecule has 0 aliphatic carbocycles. The van der Waals surface area contributed by atoms with Crippen molar-refractivity contribution in [3.8, 4) is 0 Å². The summed E-state index contributed by atoms with van der Waals surface area (Å²) in [5.41, 5.74) is 2.29. The minimum absolute atomic E-state index is 0.0110. The first-order valence-electron chi connectivity index (χ1n) is 7.08. The van der Waals surface area contributed by atoms with Crippen LogP contribution in [0.15, 0.2) is 24.3 Å². The zero-order valence-electron chi connectivity index (χ0n) is 12.5. The predicted octanol–water partition coefficient (Wildman–Crippen LogP) is 0.422. The molecule has 1 aliphatic heterocycles. The maximum absolute atomic E-state index is 11.6. The lowest BCUT2D eigenvalue weighted by Gasteiger charge is -2.35. The van der Waals surface area contributed by atoms with E-state index in [1.165, 1.54) is 12.6 Å². The van der Waals surface area contributed by atoms with Gasteiger partial charge in [-0.2, -0.15) is 8.42 Å². The Labute approximate surface area is 126 Å². The fraction of sp³-hybridized carbons (Fsp3) is 0.571. The van der Waals surface area contributed by atoms with E-state index in [9.17, 15) is 8.42 Å². The Hall–Kier alpha value is -0.990. The van der Waals surface area contributed by atoms with E-state index in [2.05, 4.69) is 20.4 Å². The van der Waals surface area contributed by atoms with Gasteiger partial charge in [0.15, 0.2) is 0 Å². The van der Waals surface area contributed by atoms with Crippen molar-refractivity contribution in [1.82, 2.24) is 14.3 Å². The molecule has 1 fully saturated rings. The second-order valence-electron chi connectivity index (χ2n) is 5.13. The largest absolute Gasteiger partial charge is 0.379 e. The molecule has 1 aromatic rings. The van der Waals surface area contributed by atoms with E-state index >= 15 is 0 Å². The fourth-order valence-electron chi connectivity index (χ4n) is 2.49. The maximum Gasteiger partial charge on any atom is 0.276 e. The summed E-state index contributed by atoms with van der Waals surface area (Å²) in [4.78, 5) is 2.26. The van der Waals surface area contributed by atoms with Crippen LogP contribution in [0, 0.1) is 6.92 Å². The average molecular weight is 313 g/mol. The van der Waals surface area contributed by atoms with E-state index in [1.807, 2.05) is 25.1 Å². The molecule has 1 aromatic carbocycles. The second kappa shape index (κ2) is 7.33. The van der Waals surface area contributed by atoms with Crippen molar-refractivity contribution in [3.05, 3.63) is 35.4 Å². The molecular weight excluding hydrogens is 290 g/mol.